The van der Waals surface area contributed by atoms with Crippen molar-refractivity contribution in [1.29, 1.82) is 5.26 Å². The van der Waals surface area contributed by atoms with E-state index in [9.17, 15) is 9.65 Å². The van der Waals surface area contributed by atoms with E-state index in [1.165, 1.54) is 12.1 Å². The number of ether oxygens (including phenoxy) is 1. The second-order valence-electron chi connectivity index (χ2n) is 9.05. The number of hydrogen-bond donors (Lipinski definition) is 0. The molecule has 0 aromatic heterocycles. The van der Waals surface area contributed by atoms with Crippen LogP contribution in [-0.2, 0) is 5.41 Å². The van der Waals surface area contributed by atoms with Gasteiger partial charge in [0.05, 0.1) is 11.5 Å². The molecule has 32 heavy (non-hydrogen) atoms. The first-order valence-electron chi connectivity index (χ1n) is 11.8. The minimum Gasteiger partial charge on any atom is -0.492 e. The van der Waals surface area contributed by atoms with Crippen LogP contribution in [0.5, 0.6) is 5.75 Å². The fourth-order valence-electron chi connectivity index (χ4n) is 4.55. The molecular weight excluding hydrogens is 401 g/mol. The molecule has 0 aliphatic carbocycles. The van der Waals surface area contributed by atoms with Crippen LogP contribution >= 0.6 is 0 Å². The van der Waals surface area contributed by atoms with Crippen LogP contribution in [0.25, 0.3) is 0 Å². The summed E-state index contributed by atoms with van der Waals surface area (Å²) in [7, 11) is 0. The van der Waals surface area contributed by atoms with E-state index in [1.807, 2.05) is 18.2 Å². The lowest BCUT2D eigenvalue weighted by Gasteiger charge is -2.35. The summed E-state index contributed by atoms with van der Waals surface area (Å²) < 4.78 is 18.7. The van der Waals surface area contributed by atoms with Crippen LogP contribution in [0.2, 0.25) is 0 Å². The number of hydrogen-bond acceptors (Lipinski definition) is 4. The summed E-state index contributed by atoms with van der Waals surface area (Å²) in [6.07, 6.45) is 3.09. The first-order chi connectivity index (χ1) is 15.5. The molecule has 1 aliphatic heterocycles. The first kappa shape index (κ1) is 24.2. The van der Waals surface area contributed by atoms with Gasteiger partial charge in [0.2, 0.25) is 0 Å². The van der Waals surface area contributed by atoms with Crippen molar-refractivity contribution >= 4 is 0 Å². The molecule has 2 aromatic rings. The Labute approximate surface area is 192 Å². The number of piperazine rings is 1. The predicted molar refractivity (Wildman–Crippen MR) is 127 cm³/mol. The molecule has 0 N–H and O–H groups in total. The third-order valence-corrected chi connectivity index (χ3v) is 6.72. The van der Waals surface area contributed by atoms with Crippen molar-refractivity contribution < 1.29 is 9.13 Å². The third-order valence-electron chi connectivity index (χ3n) is 6.72. The highest BCUT2D eigenvalue weighted by Gasteiger charge is 2.35. The highest BCUT2D eigenvalue weighted by atomic mass is 19.1. The molecule has 3 rings (SSSR count). The molecule has 0 saturated carbocycles. The van der Waals surface area contributed by atoms with Crippen LogP contribution in [0.1, 0.15) is 38.7 Å². The average Bonchev–Trinajstić information content (AvgIpc) is 2.82. The number of halogens is 1. The Balaban J connectivity index is 1.35. The van der Waals surface area contributed by atoms with Gasteiger partial charge in [-0.25, -0.2) is 4.39 Å². The summed E-state index contributed by atoms with van der Waals surface area (Å²) in [5.74, 6) is 0.766. The average molecular weight is 438 g/mol. The quantitative estimate of drug-likeness (QED) is 0.458. The van der Waals surface area contributed by atoms with E-state index < -0.39 is 5.41 Å². The fourth-order valence-corrected chi connectivity index (χ4v) is 4.55. The second kappa shape index (κ2) is 12.0. The number of rotatable bonds is 11. The highest BCUT2D eigenvalue weighted by Crippen LogP contribution is 2.36. The summed E-state index contributed by atoms with van der Waals surface area (Å²) in [6, 6.07) is 19.1. The van der Waals surface area contributed by atoms with Crippen molar-refractivity contribution in [2.24, 2.45) is 5.92 Å². The lowest BCUT2D eigenvalue weighted by Crippen LogP contribution is -2.47. The number of unbranched alkanes of at least 4 members (excludes halogenated alkanes) is 1. The molecular formula is C27H36FN3O. The molecule has 1 heterocycles. The van der Waals surface area contributed by atoms with Gasteiger partial charge in [0.25, 0.3) is 0 Å². The lowest BCUT2D eigenvalue weighted by atomic mass is 9.69. The van der Waals surface area contributed by atoms with E-state index in [-0.39, 0.29) is 11.7 Å². The second-order valence-corrected chi connectivity index (χ2v) is 9.05. The number of nitriles is 1. The van der Waals surface area contributed by atoms with Crippen molar-refractivity contribution in [3.05, 3.63) is 66.0 Å². The smallest absolute Gasteiger partial charge is 0.123 e. The maximum Gasteiger partial charge on any atom is 0.123 e. The standard InChI is InChI=1S/C27H36FN3O/c1-23(2)27(22-29,24-8-4-3-5-9-24)14-6-7-15-30-16-18-31(19-17-30)20-21-32-26-12-10-25(28)11-13-26/h3-5,8-13,23H,6-7,14-21H2,1-2H3. The van der Waals surface area contributed by atoms with Crippen LogP contribution in [0.15, 0.2) is 54.6 Å². The van der Waals surface area contributed by atoms with E-state index in [4.69, 9.17) is 4.74 Å². The predicted octanol–water partition coefficient (Wildman–Crippen LogP) is 5.11. The third kappa shape index (κ3) is 6.54. The van der Waals surface area contributed by atoms with Gasteiger partial charge in [0.1, 0.15) is 18.2 Å². The van der Waals surface area contributed by atoms with Gasteiger partial charge in [-0.1, -0.05) is 50.6 Å². The van der Waals surface area contributed by atoms with E-state index in [0.29, 0.717) is 6.61 Å². The van der Waals surface area contributed by atoms with Gasteiger partial charge in [-0.3, -0.25) is 4.90 Å². The Bertz CT molecular complexity index is 841. The number of nitrogens with zero attached hydrogens (tertiary/aromatic N) is 3. The zero-order valence-electron chi connectivity index (χ0n) is 19.5. The van der Waals surface area contributed by atoms with E-state index in [1.54, 1.807) is 12.1 Å². The van der Waals surface area contributed by atoms with Gasteiger partial charge in [0, 0.05) is 32.7 Å². The molecule has 172 valence electrons. The Hall–Kier alpha value is -2.42. The summed E-state index contributed by atoms with van der Waals surface area (Å²) >= 11 is 0. The molecule has 0 bridgehead atoms. The Morgan fingerprint density at radius 2 is 1.56 bits per heavy atom. The fraction of sp³-hybridized carbons (Fsp3) is 0.519. The molecule has 1 aliphatic rings. The molecule has 0 radical (unpaired) electrons. The van der Waals surface area contributed by atoms with Crippen LogP contribution in [0.4, 0.5) is 4.39 Å². The van der Waals surface area contributed by atoms with Gasteiger partial charge >= 0.3 is 0 Å². The minimum atomic E-state index is -0.398. The SMILES string of the molecule is CC(C)C(C#N)(CCCCN1CCN(CCOc2ccc(F)cc2)CC1)c1ccccc1. The summed E-state index contributed by atoms with van der Waals surface area (Å²) in [5.41, 5.74) is 0.749. The van der Waals surface area contributed by atoms with Crippen molar-refractivity contribution in [3.63, 3.8) is 0 Å². The van der Waals surface area contributed by atoms with Crippen molar-refractivity contribution in [1.82, 2.24) is 9.80 Å². The zero-order chi connectivity index (χ0) is 22.8. The maximum absolute atomic E-state index is 13.0. The molecule has 2 aromatic carbocycles. The molecule has 1 saturated heterocycles. The monoisotopic (exact) mass is 437 g/mol. The van der Waals surface area contributed by atoms with Crippen LogP contribution in [0.3, 0.4) is 0 Å². The molecule has 0 spiro atoms. The largest absolute Gasteiger partial charge is 0.492 e. The summed E-state index contributed by atoms with van der Waals surface area (Å²) in [6.45, 7) is 11.2. The van der Waals surface area contributed by atoms with Crippen LogP contribution < -0.4 is 4.74 Å². The lowest BCUT2D eigenvalue weighted by molar-refractivity contribution is 0.115. The van der Waals surface area contributed by atoms with Gasteiger partial charge in [-0.05, 0) is 55.1 Å². The molecule has 0 amide bonds. The number of benzene rings is 2. The minimum absolute atomic E-state index is 0.240. The maximum atomic E-state index is 13.0. The van der Waals surface area contributed by atoms with Gasteiger partial charge in [0.15, 0.2) is 0 Å². The van der Waals surface area contributed by atoms with Crippen molar-refractivity contribution in [2.75, 3.05) is 45.9 Å². The topological polar surface area (TPSA) is 39.5 Å². The molecule has 1 fully saturated rings. The Morgan fingerprint density at radius 3 is 2.16 bits per heavy atom. The van der Waals surface area contributed by atoms with Crippen molar-refractivity contribution in [2.45, 2.75) is 38.5 Å². The summed E-state index contributed by atoms with van der Waals surface area (Å²) in [4.78, 5) is 4.96. The zero-order valence-corrected chi connectivity index (χ0v) is 19.5. The molecule has 1 atom stereocenters. The van der Waals surface area contributed by atoms with E-state index >= 15 is 0 Å². The van der Waals surface area contributed by atoms with Gasteiger partial charge in [-0.15, -0.1) is 0 Å². The van der Waals surface area contributed by atoms with Crippen LogP contribution in [0, 0.1) is 23.1 Å². The molecule has 5 heteroatoms. The summed E-state index contributed by atoms with van der Waals surface area (Å²) in [5, 5.41) is 10.0. The Kier molecular flexibility index (Phi) is 9.08. The molecule has 1 unspecified atom stereocenters. The van der Waals surface area contributed by atoms with Crippen molar-refractivity contribution in [3.8, 4) is 11.8 Å². The van der Waals surface area contributed by atoms with E-state index in [2.05, 4.69) is 41.8 Å². The Morgan fingerprint density at radius 1 is 0.938 bits per heavy atom. The van der Waals surface area contributed by atoms with Gasteiger partial charge in [-0.2, -0.15) is 5.26 Å². The van der Waals surface area contributed by atoms with Gasteiger partial charge < -0.3 is 9.64 Å². The molecule has 4 nitrogen and oxygen atoms in total. The highest BCUT2D eigenvalue weighted by molar-refractivity contribution is 5.33. The first-order valence-corrected chi connectivity index (χ1v) is 11.8. The normalized spacial score (nSPS) is 17.1. The van der Waals surface area contributed by atoms with E-state index in [0.717, 1.165) is 69.8 Å². The van der Waals surface area contributed by atoms with Crippen LogP contribution in [-0.4, -0.2) is 55.7 Å².